The predicted octanol–water partition coefficient (Wildman–Crippen LogP) is -3.48. The molecule has 1 fully saturated rings. The van der Waals surface area contributed by atoms with E-state index in [2.05, 4.69) is 10.6 Å². The zero-order valence-electron chi connectivity index (χ0n) is 16.6. The number of carbonyl (C=O) groups excluding carboxylic acids is 5. The lowest BCUT2D eigenvalue weighted by Gasteiger charge is -2.28. The normalized spacial score (nSPS) is 18.7. The van der Waals surface area contributed by atoms with E-state index in [1.54, 1.807) is 0 Å². The number of carboxylic acids is 1. The maximum atomic E-state index is 12.7. The van der Waals surface area contributed by atoms with E-state index in [-0.39, 0.29) is 25.8 Å². The number of rotatable bonds is 11. The lowest BCUT2D eigenvalue weighted by Crippen LogP contribution is -2.56. The lowest BCUT2D eigenvalue weighted by molar-refractivity contribution is -0.143. The number of hydrogen-bond acceptors (Lipinski definition) is 7. The topological polar surface area (TPSA) is 228 Å². The zero-order valence-corrected chi connectivity index (χ0v) is 16.6. The Morgan fingerprint density at radius 2 is 1.73 bits per heavy atom. The highest BCUT2D eigenvalue weighted by atomic mass is 16.4. The third kappa shape index (κ3) is 7.31. The Kier molecular flexibility index (Phi) is 9.17. The number of carbonyl (C=O) groups is 6. The van der Waals surface area contributed by atoms with Crippen LogP contribution in [0.2, 0.25) is 0 Å². The van der Waals surface area contributed by atoms with E-state index in [0.717, 1.165) is 0 Å². The Bertz CT molecular complexity index is 713. The molecule has 5 amide bonds. The third-order valence-electron chi connectivity index (χ3n) is 4.62. The number of aliphatic carboxylic acids is 1. The van der Waals surface area contributed by atoms with Crippen LogP contribution in [0.1, 0.15) is 39.0 Å². The van der Waals surface area contributed by atoms with Gasteiger partial charge in [-0.1, -0.05) is 0 Å². The van der Waals surface area contributed by atoms with Crippen LogP contribution in [-0.4, -0.2) is 76.2 Å². The van der Waals surface area contributed by atoms with E-state index in [1.807, 2.05) is 0 Å². The van der Waals surface area contributed by atoms with Crippen LogP contribution in [-0.2, 0) is 28.8 Å². The van der Waals surface area contributed by atoms with Gasteiger partial charge >= 0.3 is 5.97 Å². The molecule has 4 unspecified atom stereocenters. The van der Waals surface area contributed by atoms with Gasteiger partial charge in [0, 0.05) is 13.0 Å². The summed E-state index contributed by atoms with van der Waals surface area (Å²) in [5.41, 5.74) is 15.8. The standard InChI is InChI=1S/C17H28N6O7/c1-8(17(29)30)21-14(26)10(4-5-12(19)24)22-15(27)11-3-2-6-23(11)16(28)9(18)7-13(20)25/h8-11H,2-7,18H2,1H3,(H2,19,24)(H2,20,25)(H,21,26)(H,22,27)(H,29,30). The van der Waals surface area contributed by atoms with Gasteiger partial charge in [0.1, 0.15) is 18.1 Å². The van der Waals surface area contributed by atoms with Gasteiger partial charge in [0.15, 0.2) is 0 Å². The summed E-state index contributed by atoms with van der Waals surface area (Å²) in [4.78, 5) is 71.8. The summed E-state index contributed by atoms with van der Waals surface area (Å²) in [5, 5.41) is 13.6. The Balaban J connectivity index is 2.88. The first-order valence-corrected chi connectivity index (χ1v) is 9.40. The fourth-order valence-corrected chi connectivity index (χ4v) is 3.02. The first-order valence-electron chi connectivity index (χ1n) is 9.40. The van der Waals surface area contributed by atoms with Crippen molar-refractivity contribution in [2.75, 3.05) is 6.54 Å². The lowest BCUT2D eigenvalue weighted by atomic mass is 10.1. The summed E-state index contributed by atoms with van der Waals surface area (Å²) < 4.78 is 0. The SMILES string of the molecule is CC(NC(=O)C(CCC(N)=O)NC(=O)C1CCCN1C(=O)C(N)CC(N)=O)C(=O)O. The van der Waals surface area contributed by atoms with Crippen LogP contribution in [0.15, 0.2) is 0 Å². The Morgan fingerprint density at radius 1 is 1.10 bits per heavy atom. The molecule has 13 heteroatoms. The van der Waals surface area contributed by atoms with Crippen molar-refractivity contribution in [2.24, 2.45) is 17.2 Å². The number of nitrogens with zero attached hydrogens (tertiary/aromatic N) is 1. The average molecular weight is 428 g/mol. The second-order valence-electron chi connectivity index (χ2n) is 7.10. The van der Waals surface area contributed by atoms with Crippen molar-refractivity contribution in [2.45, 2.75) is 63.2 Å². The average Bonchev–Trinajstić information content (AvgIpc) is 3.13. The van der Waals surface area contributed by atoms with Crippen molar-refractivity contribution < 1.29 is 33.9 Å². The molecule has 0 saturated carbocycles. The molecular formula is C17H28N6O7. The molecule has 0 aromatic rings. The van der Waals surface area contributed by atoms with Crippen LogP contribution in [0.4, 0.5) is 0 Å². The molecule has 0 spiro atoms. The number of carboxylic acid groups (broad SMARTS) is 1. The smallest absolute Gasteiger partial charge is 0.325 e. The van der Waals surface area contributed by atoms with E-state index in [4.69, 9.17) is 22.3 Å². The molecule has 0 radical (unpaired) electrons. The van der Waals surface area contributed by atoms with Crippen LogP contribution >= 0.6 is 0 Å². The zero-order chi connectivity index (χ0) is 23.0. The summed E-state index contributed by atoms with van der Waals surface area (Å²) >= 11 is 0. The molecule has 30 heavy (non-hydrogen) atoms. The van der Waals surface area contributed by atoms with E-state index in [0.29, 0.717) is 12.8 Å². The number of amides is 5. The second-order valence-corrected chi connectivity index (χ2v) is 7.10. The van der Waals surface area contributed by atoms with Gasteiger partial charge in [-0.15, -0.1) is 0 Å². The molecule has 0 aromatic heterocycles. The van der Waals surface area contributed by atoms with Crippen molar-refractivity contribution in [3.05, 3.63) is 0 Å². The molecule has 0 aromatic carbocycles. The highest BCUT2D eigenvalue weighted by Crippen LogP contribution is 2.19. The van der Waals surface area contributed by atoms with Crippen LogP contribution in [0.5, 0.6) is 0 Å². The first-order chi connectivity index (χ1) is 13.9. The van der Waals surface area contributed by atoms with Gasteiger partial charge in [-0.25, -0.2) is 0 Å². The van der Waals surface area contributed by atoms with Crippen molar-refractivity contribution in [3.8, 4) is 0 Å². The molecule has 13 nitrogen and oxygen atoms in total. The molecule has 1 aliphatic rings. The van der Waals surface area contributed by atoms with Gasteiger partial charge in [0.2, 0.25) is 29.5 Å². The fraction of sp³-hybridized carbons (Fsp3) is 0.647. The number of likely N-dealkylation sites (tertiary alicyclic amines) is 1. The van der Waals surface area contributed by atoms with Crippen LogP contribution < -0.4 is 27.8 Å². The second kappa shape index (κ2) is 11.1. The number of primary amides is 2. The van der Waals surface area contributed by atoms with E-state index >= 15 is 0 Å². The minimum Gasteiger partial charge on any atom is -0.480 e. The van der Waals surface area contributed by atoms with Crippen LogP contribution in [0, 0.1) is 0 Å². The van der Waals surface area contributed by atoms with Crippen molar-refractivity contribution >= 4 is 35.5 Å². The number of hydrogen-bond donors (Lipinski definition) is 6. The van der Waals surface area contributed by atoms with E-state index in [1.165, 1.54) is 11.8 Å². The highest BCUT2D eigenvalue weighted by Gasteiger charge is 2.38. The Labute approximate surface area is 172 Å². The molecule has 0 aliphatic carbocycles. The minimum absolute atomic E-state index is 0.152. The molecule has 4 atom stereocenters. The summed E-state index contributed by atoms with van der Waals surface area (Å²) in [6, 6.07) is -4.58. The summed E-state index contributed by atoms with van der Waals surface area (Å²) in [6.07, 6.45) is 0.0516. The van der Waals surface area contributed by atoms with Gasteiger partial charge in [-0.2, -0.15) is 0 Å². The molecule has 1 rings (SSSR count). The Morgan fingerprint density at radius 3 is 2.27 bits per heavy atom. The molecule has 168 valence electrons. The van der Waals surface area contributed by atoms with Gasteiger partial charge in [-0.3, -0.25) is 28.8 Å². The van der Waals surface area contributed by atoms with Gasteiger partial charge in [-0.05, 0) is 26.2 Å². The monoisotopic (exact) mass is 428 g/mol. The minimum atomic E-state index is -1.28. The molecule has 1 heterocycles. The first kappa shape index (κ1) is 24.8. The third-order valence-corrected chi connectivity index (χ3v) is 4.62. The largest absolute Gasteiger partial charge is 0.480 e. The Hall–Kier alpha value is -3.22. The molecule has 0 bridgehead atoms. The predicted molar refractivity (Wildman–Crippen MR) is 102 cm³/mol. The maximum absolute atomic E-state index is 12.7. The van der Waals surface area contributed by atoms with Crippen LogP contribution in [0.3, 0.4) is 0 Å². The molecule has 1 aliphatic heterocycles. The molecule has 1 saturated heterocycles. The maximum Gasteiger partial charge on any atom is 0.325 e. The van der Waals surface area contributed by atoms with Gasteiger partial charge in [0.25, 0.3) is 0 Å². The van der Waals surface area contributed by atoms with Gasteiger partial charge < -0.3 is 37.8 Å². The van der Waals surface area contributed by atoms with E-state index in [9.17, 15) is 28.8 Å². The highest BCUT2D eigenvalue weighted by molar-refractivity contribution is 5.95. The van der Waals surface area contributed by atoms with E-state index < -0.39 is 59.7 Å². The summed E-state index contributed by atoms with van der Waals surface area (Å²) in [6.45, 7) is 1.47. The quantitative estimate of drug-likeness (QED) is 0.193. The summed E-state index contributed by atoms with van der Waals surface area (Å²) in [7, 11) is 0. The van der Waals surface area contributed by atoms with Crippen LogP contribution in [0.25, 0.3) is 0 Å². The number of nitrogens with one attached hydrogen (secondary N) is 2. The van der Waals surface area contributed by atoms with Crippen molar-refractivity contribution in [3.63, 3.8) is 0 Å². The molecule has 9 N–H and O–H groups in total. The van der Waals surface area contributed by atoms with Gasteiger partial charge in [0.05, 0.1) is 12.5 Å². The molecular weight excluding hydrogens is 400 g/mol. The number of nitrogens with two attached hydrogens (primary N) is 3. The van der Waals surface area contributed by atoms with Crippen molar-refractivity contribution in [1.29, 1.82) is 0 Å². The fourth-order valence-electron chi connectivity index (χ4n) is 3.02. The van der Waals surface area contributed by atoms with Crippen molar-refractivity contribution in [1.82, 2.24) is 15.5 Å². The summed E-state index contributed by atoms with van der Waals surface area (Å²) in [5.74, 6) is -4.83.